The Morgan fingerprint density at radius 1 is 1.39 bits per heavy atom. The predicted molar refractivity (Wildman–Crippen MR) is 121 cm³/mol. The van der Waals surface area contributed by atoms with Crippen LogP contribution in [-0.2, 0) is 4.74 Å². The molecule has 3 atom stereocenters. The summed E-state index contributed by atoms with van der Waals surface area (Å²) < 4.78 is 25.3. The third-order valence-electron chi connectivity index (χ3n) is 5.68. The number of hydrogen-bond donors (Lipinski definition) is 3. The van der Waals surface area contributed by atoms with Crippen LogP contribution >= 0.6 is 0 Å². The zero-order chi connectivity index (χ0) is 24.2. The first-order valence-electron chi connectivity index (χ1n) is 11.1. The van der Waals surface area contributed by atoms with Crippen LogP contribution in [0.15, 0.2) is 18.3 Å². The third-order valence-corrected chi connectivity index (χ3v) is 5.68. The van der Waals surface area contributed by atoms with Crippen molar-refractivity contribution in [3.05, 3.63) is 29.7 Å². The number of nitrogens with zero attached hydrogens (tertiary/aromatic N) is 3. The summed E-state index contributed by atoms with van der Waals surface area (Å²) in [5, 5.41) is 23.3. The van der Waals surface area contributed by atoms with E-state index >= 15 is 0 Å². The summed E-state index contributed by atoms with van der Waals surface area (Å²) in [7, 11) is 1.48. The Bertz CT molecular complexity index is 968. The van der Waals surface area contributed by atoms with Crippen molar-refractivity contribution in [3.8, 4) is 5.88 Å². The topological polar surface area (TPSA) is 117 Å². The fraction of sp³-hybridized carbons (Fsp3) is 0.609. The number of rotatable bonds is 7. The molecule has 182 valence electrons. The van der Waals surface area contributed by atoms with Gasteiger partial charge in [0.2, 0.25) is 5.88 Å². The van der Waals surface area contributed by atoms with Gasteiger partial charge in [0.1, 0.15) is 11.4 Å². The Labute approximate surface area is 192 Å². The van der Waals surface area contributed by atoms with Gasteiger partial charge in [-0.1, -0.05) is 0 Å². The van der Waals surface area contributed by atoms with E-state index in [9.17, 15) is 19.4 Å². The van der Waals surface area contributed by atoms with E-state index in [-0.39, 0.29) is 24.6 Å². The first-order chi connectivity index (χ1) is 15.6. The Balaban J connectivity index is 1.72. The van der Waals surface area contributed by atoms with Crippen molar-refractivity contribution < 1.29 is 28.9 Å². The molecule has 0 saturated carbocycles. The zero-order valence-electron chi connectivity index (χ0n) is 19.5. The van der Waals surface area contributed by atoms with Crippen molar-refractivity contribution in [2.24, 2.45) is 5.92 Å². The van der Waals surface area contributed by atoms with Gasteiger partial charge in [-0.05, 0) is 33.3 Å². The molecule has 3 heterocycles. The first kappa shape index (κ1) is 25.1. The number of carbonyl (C=O) groups excluding carboxylic acids is 1. The van der Waals surface area contributed by atoms with Crippen molar-refractivity contribution in [1.82, 2.24) is 20.2 Å². The van der Waals surface area contributed by atoms with Crippen LogP contribution in [0.4, 0.5) is 9.18 Å². The lowest BCUT2D eigenvalue weighted by Gasteiger charge is -2.38. The number of likely N-dealkylation sites (tertiary alicyclic amines) is 1. The maximum absolute atomic E-state index is 14.9. The number of pyridine rings is 2. The highest BCUT2D eigenvalue weighted by atomic mass is 19.1. The summed E-state index contributed by atoms with van der Waals surface area (Å²) in [6.07, 6.45) is 0.533. The SMILES string of the molecule is COc1ccc2ncc(F)c(C(CO)CN3CC[C@@H](O)[C@@H](CNC(=O)OC(C)(C)C)C3)c2n1. The van der Waals surface area contributed by atoms with E-state index in [0.29, 0.717) is 43.0 Å². The molecule has 1 saturated heterocycles. The van der Waals surface area contributed by atoms with Gasteiger partial charge in [-0.25, -0.2) is 14.2 Å². The molecule has 0 aromatic carbocycles. The molecule has 3 rings (SSSR count). The highest BCUT2D eigenvalue weighted by molar-refractivity contribution is 5.79. The Morgan fingerprint density at radius 3 is 2.82 bits per heavy atom. The van der Waals surface area contributed by atoms with Crippen LogP contribution in [0.3, 0.4) is 0 Å². The zero-order valence-corrected chi connectivity index (χ0v) is 19.5. The number of hydrogen-bond acceptors (Lipinski definition) is 8. The molecule has 0 radical (unpaired) electrons. The number of aliphatic hydroxyl groups is 2. The van der Waals surface area contributed by atoms with Gasteiger partial charge in [-0.15, -0.1) is 0 Å². The molecular formula is C23H33FN4O5. The third kappa shape index (κ3) is 6.49. The Hall–Kier alpha value is -2.56. The summed E-state index contributed by atoms with van der Waals surface area (Å²) >= 11 is 0. The van der Waals surface area contributed by atoms with E-state index in [1.54, 1.807) is 32.9 Å². The molecule has 10 heteroatoms. The van der Waals surface area contributed by atoms with Gasteiger partial charge >= 0.3 is 6.09 Å². The summed E-state index contributed by atoms with van der Waals surface area (Å²) in [6.45, 7) is 6.75. The maximum atomic E-state index is 14.9. The lowest BCUT2D eigenvalue weighted by Crippen LogP contribution is -2.49. The molecule has 1 fully saturated rings. The summed E-state index contributed by atoms with van der Waals surface area (Å²) in [5.41, 5.74) is 0.549. The fourth-order valence-corrected chi connectivity index (χ4v) is 4.09. The van der Waals surface area contributed by atoms with E-state index in [1.807, 2.05) is 0 Å². The average Bonchev–Trinajstić information content (AvgIpc) is 2.76. The lowest BCUT2D eigenvalue weighted by atomic mass is 9.92. The van der Waals surface area contributed by atoms with E-state index in [2.05, 4.69) is 20.2 Å². The second-order valence-electron chi connectivity index (χ2n) is 9.38. The van der Waals surface area contributed by atoms with Gasteiger partial charge in [0.15, 0.2) is 0 Å². The second-order valence-corrected chi connectivity index (χ2v) is 9.38. The summed E-state index contributed by atoms with van der Waals surface area (Å²) in [6, 6.07) is 3.35. The highest BCUT2D eigenvalue weighted by Crippen LogP contribution is 2.29. The molecule has 1 amide bonds. The van der Waals surface area contributed by atoms with Crippen LogP contribution in [0.25, 0.3) is 11.0 Å². The molecule has 1 aliphatic rings. The van der Waals surface area contributed by atoms with Gasteiger partial charge in [0, 0.05) is 49.6 Å². The molecule has 0 aliphatic carbocycles. The molecule has 9 nitrogen and oxygen atoms in total. The van der Waals surface area contributed by atoms with E-state index in [1.165, 1.54) is 7.11 Å². The smallest absolute Gasteiger partial charge is 0.407 e. The van der Waals surface area contributed by atoms with E-state index in [0.717, 1.165) is 6.20 Å². The Morgan fingerprint density at radius 2 is 2.15 bits per heavy atom. The van der Waals surface area contributed by atoms with Crippen molar-refractivity contribution in [2.45, 2.75) is 44.8 Å². The van der Waals surface area contributed by atoms with Gasteiger partial charge in [-0.3, -0.25) is 4.98 Å². The maximum Gasteiger partial charge on any atom is 0.407 e. The van der Waals surface area contributed by atoms with Crippen LogP contribution in [0.1, 0.15) is 38.7 Å². The molecule has 3 N–H and O–H groups in total. The van der Waals surface area contributed by atoms with Crippen molar-refractivity contribution in [3.63, 3.8) is 0 Å². The van der Waals surface area contributed by atoms with Crippen LogP contribution in [0, 0.1) is 11.7 Å². The predicted octanol–water partition coefficient (Wildman–Crippen LogP) is 2.06. The Kier molecular flexibility index (Phi) is 8.04. The number of nitrogens with one attached hydrogen (secondary N) is 1. The molecule has 2 aromatic heterocycles. The molecular weight excluding hydrogens is 431 g/mol. The van der Waals surface area contributed by atoms with Gasteiger partial charge < -0.3 is 29.9 Å². The number of ether oxygens (including phenoxy) is 2. The normalized spacial score (nSPS) is 20.5. The lowest BCUT2D eigenvalue weighted by molar-refractivity contribution is 0.0177. The van der Waals surface area contributed by atoms with E-state index < -0.39 is 29.5 Å². The average molecular weight is 465 g/mol. The standard InChI is InChI=1S/C23H33FN4O5/c1-23(2,3)33-22(31)26-9-14-11-28(8-7-18(14)30)12-15(13-29)20-16(24)10-25-17-5-6-19(32-4)27-21(17)20/h5-6,10,14-15,18,29-30H,7-9,11-13H2,1-4H3,(H,26,31)/t14-,15?,18+/m0/s1. The van der Waals surface area contributed by atoms with Gasteiger partial charge in [-0.2, -0.15) is 0 Å². The minimum absolute atomic E-state index is 0.220. The number of alkyl carbamates (subject to hydrolysis) is 1. The molecule has 0 bridgehead atoms. The number of aliphatic hydroxyl groups excluding tert-OH is 2. The second kappa shape index (κ2) is 10.6. The minimum Gasteiger partial charge on any atom is -0.481 e. The number of fused-ring (bicyclic) bond motifs is 1. The molecule has 1 aliphatic heterocycles. The highest BCUT2D eigenvalue weighted by Gasteiger charge is 2.31. The van der Waals surface area contributed by atoms with Crippen molar-refractivity contribution in [2.75, 3.05) is 39.9 Å². The first-order valence-corrected chi connectivity index (χ1v) is 11.1. The number of aromatic nitrogens is 2. The molecule has 1 unspecified atom stereocenters. The number of amides is 1. The monoisotopic (exact) mass is 464 g/mol. The number of piperidine rings is 1. The largest absolute Gasteiger partial charge is 0.481 e. The number of halogens is 1. The van der Waals surface area contributed by atoms with E-state index in [4.69, 9.17) is 9.47 Å². The quantitative estimate of drug-likeness (QED) is 0.570. The van der Waals surface area contributed by atoms with Gasteiger partial charge in [0.25, 0.3) is 0 Å². The summed E-state index contributed by atoms with van der Waals surface area (Å²) in [4.78, 5) is 22.5. The fourth-order valence-electron chi connectivity index (χ4n) is 4.09. The van der Waals surface area contributed by atoms with Crippen LogP contribution in [0.5, 0.6) is 5.88 Å². The van der Waals surface area contributed by atoms with Crippen LogP contribution in [-0.4, -0.2) is 82.8 Å². The van der Waals surface area contributed by atoms with Crippen LogP contribution in [0.2, 0.25) is 0 Å². The summed E-state index contributed by atoms with van der Waals surface area (Å²) in [5.74, 6) is -0.975. The van der Waals surface area contributed by atoms with Gasteiger partial charge in [0.05, 0.1) is 37.1 Å². The molecule has 2 aromatic rings. The molecule has 33 heavy (non-hydrogen) atoms. The van der Waals surface area contributed by atoms with Crippen LogP contribution < -0.4 is 10.1 Å². The van der Waals surface area contributed by atoms with Crippen molar-refractivity contribution >= 4 is 17.1 Å². The number of carbonyl (C=O) groups is 1. The molecule has 0 spiro atoms. The number of methoxy groups -OCH3 is 1. The van der Waals surface area contributed by atoms with Crippen molar-refractivity contribution in [1.29, 1.82) is 0 Å². The minimum atomic E-state index is -0.607.